The monoisotopic (exact) mass is 282 g/mol. The highest BCUT2D eigenvalue weighted by Gasteiger charge is 2.27. The molecule has 1 aliphatic rings. The molecule has 20 heavy (non-hydrogen) atoms. The molecule has 7 heteroatoms. The second kappa shape index (κ2) is 5.54. The van der Waals surface area contributed by atoms with E-state index in [1.807, 2.05) is 13.8 Å². The molecule has 1 aromatic carbocycles. The number of benzene rings is 1. The van der Waals surface area contributed by atoms with Crippen LogP contribution in [0.3, 0.4) is 0 Å². The standard InChI is InChI=1S/C13H15FN2O4/c1-8-5-15(6-9(2)20-8)13-10(7-17)3-11(16(18)19)4-12(13)14/h3-4,7-9H,5-6H2,1-2H3/t8-,9+. The van der Waals surface area contributed by atoms with Crippen LogP contribution >= 0.6 is 0 Å². The fourth-order valence-corrected chi connectivity index (χ4v) is 2.49. The highest BCUT2D eigenvalue weighted by molar-refractivity contribution is 5.86. The molecule has 1 aromatic rings. The molecule has 1 fully saturated rings. The van der Waals surface area contributed by atoms with Crippen LogP contribution in [0.2, 0.25) is 0 Å². The van der Waals surface area contributed by atoms with Crippen LogP contribution in [-0.4, -0.2) is 36.5 Å². The number of nitrogens with zero attached hydrogens (tertiary/aromatic N) is 2. The number of hydrogen-bond acceptors (Lipinski definition) is 5. The van der Waals surface area contributed by atoms with E-state index in [4.69, 9.17) is 4.74 Å². The molecule has 2 rings (SSSR count). The molecule has 2 atom stereocenters. The van der Waals surface area contributed by atoms with Crippen LogP contribution in [0.25, 0.3) is 0 Å². The number of morpholine rings is 1. The summed E-state index contributed by atoms with van der Waals surface area (Å²) in [5.74, 6) is -0.761. The van der Waals surface area contributed by atoms with Gasteiger partial charge in [0.25, 0.3) is 5.69 Å². The van der Waals surface area contributed by atoms with E-state index in [1.165, 1.54) is 0 Å². The van der Waals surface area contributed by atoms with Crippen molar-refractivity contribution in [1.29, 1.82) is 0 Å². The van der Waals surface area contributed by atoms with Gasteiger partial charge in [-0.2, -0.15) is 0 Å². The first kappa shape index (κ1) is 14.4. The fraction of sp³-hybridized carbons (Fsp3) is 0.462. The lowest BCUT2D eigenvalue weighted by Crippen LogP contribution is -2.46. The first-order chi connectivity index (χ1) is 9.42. The quantitative estimate of drug-likeness (QED) is 0.482. The number of rotatable bonds is 3. The van der Waals surface area contributed by atoms with E-state index in [0.29, 0.717) is 19.4 Å². The van der Waals surface area contributed by atoms with Gasteiger partial charge in [-0.25, -0.2) is 4.39 Å². The zero-order valence-electron chi connectivity index (χ0n) is 11.2. The molecule has 0 radical (unpaired) electrons. The summed E-state index contributed by atoms with van der Waals surface area (Å²) in [4.78, 5) is 22.8. The van der Waals surface area contributed by atoms with E-state index in [9.17, 15) is 19.3 Å². The molecule has 1 saturated heterocycles. The molecule has 0 aliphatic carbocycles. The van der Waals surface area contributed by atoms with E-state index in [-0.39, 0.29) is 23.5 Å². The van der Waals surface area contributed by atoms with Crippen molar-refractivity contribution < 1.29 is 18.8 Å². The van der Waals surface area contributed by atoms with E-state index < -0.39 is 16.4 Å². The molecular formula is C13H15FN2O4. The smallest absolute Gasteiger partial charge is 0.273 e. The average Bonchev–Trinajstić information content (AvgIpc) is 2.36. The predicted octanol–water partition coefficient (Wildman–Crippen LogP) is 2.16. The second-order valence-electron chi connectivity index (χ2n) is 4.90. The van der Waals surface area contributed by atoms with Gasteiger partial charge in [-0.05, 0) is 13.8 Å². The first-order valence-electron chi connectivity index (χ1n) is 6.26. The van der Waals surface area contributed by atoms with E-state index in [1.54, 1.807) is 4.90 Å². The van der Waals surface area contributed by atoms with Gasteiger partial charge < -0.3 is 9.64 Å². The van der Waals surface area contributed by atoms with Crippen LogP contribution in [0.15, 0.2) is 12.1 Å². The van der Waals surface area contributed by atoms with Crippen molar-refractivity contribution in [3.05, 3.63) is 33.6 Å². The molecule has 1 heterocycles. The normalized spacial score (nSPS) is 22.6. The summed E-state index contributed by atoms with van der Waals surface area (Å²) in [5.41, 5.74) is -0.340. The van der Waals surface area contributed by atoms with Crippen molar-refractivity contribution in [3.63, 3.8) is 0 Å². The largest absolute Gasteiger partial charge is 0.372 e. The summed E-state index contributed by atoms with van der Waals surface area (Å²) in [6.45, 7) is 4.57. The number of carbonyl (C=O) groups excluding carboxylic acids is 1. The van der Waals surface area contributed by atoms with Crippen LogP contribution in [0, 0.1) is 15.9 Å². The number of ether oxygens (including phenoxy) is 1. The van der Waals surface area contributed by atoms with E-state index in [2.05, 4.69) is 0 Å². The number of nitro groups is 1. The molecule has 0 N–H and O–H groups in total. The Balaban J connectivity index is 2.45. The number of aldehydes is 1. The van der Waals surface area contributed by atoms with Crippen molar-refractivity contribution in [3.8, 4) is 0 Å². The SMILES string of the molecule is C[C@@H]1CN(c2c(F)cc([N+](=O)[O-])cc2C=O)C[C@H](C)O1. The van der Waals surface area contributed by atoms with Crippen LogP contribution < -0.4 is 4.90 Å². The Bertz CT molecular complexity index is 539. The summed E-state index contributed by atoms with van der Waals surface area (Å²) in [6.07, 6.45) is 0.233. The summed E-state index contributed by atoms with van der Waals surface area (Å²) < 4.78 is 19.7. The van der Waals surface area contributed by atoms with Gasteiger partial charge in [0.15, 0.2) is 12.1 Å². The van der Waals surface area contributed by atoms with Crippen molar-refractivity contribution in [2.75, 3.05) is 18.0 Å². The Kier molecular flexibility index (Phi) is 3.99. The van der Waals surface area contributed by atoms with Crippen LogP contribution in [0.5, 0.6) is 0 Å². The van der Waals surface area contributed by atoms with Gasteiger partial charge in [0.05, 0.1) is 28.9 Å². The number of halogens is 1. The Morgan fingerprint density at radius 3 is 2.50 bits per heavy atom. The fourth-order valence-electron chi connectivity index (χ4n) is 2.49. The highest BCUT2D eigenvalue weighted by atomic mass is 19.1. The van der Waals surface area contributed by atoms with Crippen molar-refractivity contribution >= 4 is 17.7 Å². The molecular weight excluding hydrogens is 267 g/mol. The molecule has 0 aromatic heterocycles. The average molecular weight is 282 g/mol. The highest BCUT2D eigenvalue weighted by Crippen LogP contribution is 2.30. The third-order valence-electron chi connectivity index (χ3n) is 3.15. The van der Waals surface area contributed by atoms with Gasteiger partial charge in [-0.15, -0.1) is 0 Å². The van der Waals surface area contributed by atoms with Gasteiger partial charge in [0.1, 0.15) is 0 Å². The zero-order chi connectivity index (χ0) is 14.9. The van der Waals surface area contributed by atoms with Crippen molar-refractivity contribution in [1.82, 2.24) is 0 Å². The topological polar surface area (TPSA) is 72.7 Å². The van der Waals surface area contributed by atoms with E-state index in [0.717, 1.165) is 12.1 Å². The van der Waals surface area contributed by atoms with Gasteiger partial charge in [-0.1, -0.05) is 0 Å². The maximum absolute atomic E-state index is 14.2. The lowest BCUT2D eigenvalue weighted by Gasteiger charge is -2.37. The van der Waals surface area contributed by atoms with Crippen LogP contribution in [-0.2, 0) is 4.74 Å². The third-order valence-corrected chi connectivity index (χ3v) is 3.15. The molecule has 0 saturated carbocycles. The second-order valence-corrected chi connectivity index (χ2v) is 4.90. The summed E-state index contributed by atoms with van der Waals surface area (Å²) in [6, 6.07) is 1.93. The number of anilines is 1. The van der Waals surface area contributed by atoms with Crippen molar-refractivity contribution in [2.45, 2.75) is 26.1 Å². The van der Waals surface area contributed by atoms with Crippen LogP contribution in [0.1, 0.15) is 24.2 Å². The minimum atomic E-state index is -0.761. The lowest BCUT2D eigenvalue weighted by atomic mass is 10.1. The van der Waals surface area contributed by atoms with Gasteiger partial charge in [-0.3, -0.25) is 14.9 Å². The van der Waals surface area contributed by atoms with Crippen LogP contribution in [0.4, 0.5) is 15.8 Å². The lowest BCUT2D eigenvalue weighted by molar-refractivity contribution is -0.385. The molecule has 6 nitrogen and oxygen atoms in total. The van der Waals surface area contributed by atoms with Gasteiger partial charge >= 0.3 is 0 Å². The predicted molar refractivity (Wildman–Crippen MR) is 70.7 cm³/mol. The summed E-state index contributed by atoms with van der Waals surface area (Å²) >= 11 is 0. The molecule has 0 bridgehead atoms. The maximum atomic E-state index is 14.2. The minimum Gasteiger partial charge on any atom is -0.372 e. The summed E-state index contributed by atoms with van der Waals surface area (Å²) in [5, 5.41) is 10.7. The number of non-ortho nitro benzene ring substituents is 1. The Morgan fingerprint density at radius 1 is 1.40 bits per heavy atom. The number of nitro benzene ring substituents is 1. The Hall–Kier alpha value is -2.02. The van der Waals surface area contributed by atoms with Gasteiger partial charge in [0.2, 0.25) is 0 Å². The number of carbonyl (C=O) groups is 1. The van der Waals surface area contributed by atoms with Gasteiger partial charge in [0, 0.05) is 24.7 Å². The molecule has 0 unspecified atom stereocenters. The number of hydrogen-bond donors (Lipinski definition) is 0. The molecule has 1 aliphatic heterocycles. The minimum absolute atomic E-state index is 0.0157. The van der Waals surface area contributed by atoms with Crippen molar-refractivity contribution in [2.24, 2.45) is 0 Å². The third kappa shape index (κ3) is 2.77. The Morgan fingerprint density at radius 2 is 2.00 bits per heavy atom. The maximum Gasteiger partial charge on any atom is 0.273 e. The van der Waals surface area contributed by atoms with E-state index >= 15 is 0 Å². The zero-order valence-corrected chi connectivity index (χ0v) is 11.2. The molecule has 0 amide bonds. The first-order valence-corrected chi connectivity index (χ1v) is 6.26. The summed E-state index contributed by atoms with van der Waals surface area (Å²) in [7, 11) is 0. The Labute approximate surface area is 115 Å². The molecule has 108 valence electrons. The molecule has 0 spiro atoms.